The maximum atomic E-state index is 11.8. The number of guanidine groups is 1. The van der Waals surface area contributed by atoms with E-state index >= 15 is 0 Å². The number of hydrogen-bond acceptors (Lipinski definition) is 2. The van der Waals surface area contributed by atoms with Crippen LogP contribution in [0.15, 0.2) is 29.3 Å². The minimum Gasteiger partial charge on any atom is -0.370 e. The van der Waals surface area contributed by atoms with Gasteiger partial charge in [0, 0.05) is 32.6 Å². The molecule has 1 saturated heterocycles. The van der Waals surface area contributed by atoms with E-state index in [1.165, 1.54) is 18.4 Å². The van der Waals surface area contributed by atoms with Gasteiger partial charge in [-0.1, -0.05) is 24.3 Å². The van der Waals surface area contributed by atoms with Gasteiger partial charge in [0.1, 0.15) is 0 Å². The molecule has 22 heavy (non-hydrogen) atoms. The first-order valence-electron chi connectivity index (χ1n) is 8.02. The van der Waals surface area contributed by atoms with Gasteiger partial charge in [0.2, 0.25) is 5.91 Å². The van der Waals surface area contributed by atoms with Gasteiger partial charge in [-0.15, -0.1) is 0 Å². The minimum atomic E-state index is 0.256. The smallest absolute Gasteiger partial charge is 0.222 e. The average Bonchev–Trinajstić information content (AvgIpc) is 3.30. The molecule has 2 N–H and O–H groups in total. The first-order valence-corrected chi connectivity index (χ1v) is 8.02. The summed E-state index contributed by atoms with van der Waals surface area (Å²) in [6.07, 6.45) is 4.07. The number of carbonyl (C=O) groups is 1. The predicted molar refractivity (Wildman–Crippen MR) is 87.2 cm³/mol. The number of nitrogens with two attached hydrogens (primary N) is 1. The van der Waals surface area contributed by atoms with Crippen LogP contribution in [0.2, 0.25) is 0 Å². The zero-order valence-corrected chi connectivity index (χ0v) is 13.2. The normalized spacial score (nSPS) is 18.9. The number of nitrogens with zero attached hydrogens (tertiary/aromatic N) is 3. The van der Waals surface area contributed by atoms with E-state index in [-0.39, 0.29) is 5.91 Å². The largest absolute Gasteiger partial charge is 0.370 e. The van der Waals surface area contributed by atoms with E-state index in [0.717, 1.165) is 18.5 Å². The number of carbonyl (C=O) groups excluding carboxylic acids is 1. The number of hydrogen-bond donors (Lipinski definition) is 1. The van der Waals surface area contributed by atoms with Crippen LogP contribution in [0, 0.1) is 0 Å². The molecule has 0 spiro atoms. The van der Waals surface area contributed by atoms with Crippen LogP contribution in [-0.4, -0.2) is 41.3 Å². The maximum Gasteiger partial charge on any atom is 0.222 e. The molecule has 0 radical (unpaired) electrons. The van der Waals surface area contributed by atoms with Crippen LogP contribution in [0.5, 0.6) is 0 Å². The van der Waals surface area contributed by atoms with Crippen LogP contribution < -0.4 is 5.73 Å². The highest BCUT2D eigenvalue weighted by molar-refractivity contribution is 5.79. The molecule has 3 rings (SSSR count). The Morgan fingerprint density at radius 3 is 2.73 bits per heavy atom. The Hall–Kier alpha value is -2.04. The first kappa shape index (κ1) is 14.9. The van der Waals surface area contributed by atoms with E-state index < -0.39 is 0 Å². The van der Waals surface area contributed by atoms with Gasteiger partial charge in [-0.3, -0.25) is 4.79 Å². The minimum absolute atomic E-state index is 0.256. The Morgan fingerprint density at radius 2 is 2.09 bits per heavy atom. The zero-order valence-electron chi connectivity index (χ0n) is 13.2. The third kappa shape index (κ3) is 3.40. The fourth-order valence-corrected chi connectivity index (χ4v) is 2.87. The summed E-state index contributed by atoms with van der Waals surface area (Å²) in [5.74, 6) is 0.862. The molecule has 1 saturated carbocycles. The van der Waals surface area contributed by atoms with Crippen molar-refractivity contribution in [3.05, 3.63) is 35.4 Å². The van der Waals surface area contributed by atoms with Crippen LogP contribution in [0.1, 0.15) is 36.8 Å². The van der Waals surface area contributed by atoms with Crippen molar-refractivity contribution in [3.63, 3.8) is 0 Å². The molecular weight excluding hydrogens is 276 g/mol. The molecule has 2 fully saturated rings. The molecule has 1 aliphatic heterocycles. The molecule has 0 unspecified atom stereocenters. The van der Waals surface area contributed by atoms with Gasteiger partial charge in [-0.05, 0) is 30.4 Å². The summed E-state index contributed by atoms with van der Waals surface area (Å²) in [7, 11) is 2.01. The zero-order chi connectivity index (χ0) is 15.5. The van der Waals surface area contributed by atoms with E-state index in [9.17, 15) is 4.79 Å². The molecule has 118 valence electrons. The van der Waals surface area contributed by atoms with E-state index in [2.05, 4.69) is 22.0 Å². The second kappa shape index (κ2) is 6.38. The van der Waals surface area contributed by atoms with Crippen LogP contribution in [0.3, 0.4) is 0 Å². The molecular formula is C17H24N4O. The number of rotatable bonds is 5. The molecule has 5 heteroatoms. The van der Waals surface area contributed by atoms with E-state index in [4.69, 9.17) is 5.73 Å². The Morgan fingerprint density at radius 1 is 1.36 bits per heavy atom. The molecule has 1 amide bonds. The average molecular weight is 300 g/mol. The van der Waals surface area contributed by atoms with Crippen molar-refractivity contribution in [2.24, 2.45) is 10.7 Å². The van der Waals surface area contributed by atoms with Gasteiger partial charge in [0.25, 0.3) is 0 Å². The van der Waals surface area contributed by atoms with E-state index in [1.807, 2.05) is 24.1 Å². The summed E-state index contributed by atoms with van der Waals surface area (Å²) in [4.78, 5) is 20.3. The quantitative estimate of drug-likeness (QED) is 0.665. The summed E-state index contributed by atoms with van der Waals surface area (Å²) in [5, 5.41) is 0. The Labute approximate surface area is 131 Å². The van der Waals surface area contributed by atoms with Crippen LogP contribution >= 0.6 is 0 Å². The highest BCUT2D eigenvalue weighted by Crippen LogP contribution is 2.25. The second-order valence-electron chi connectivity index (χ2n) is 6.20. The molecule has 1 aromatic rings. The fourth-order valence-electron chi connectivity index (χ4n) is 2.87. The number of likely N-dealkylation sites (tertiary alicyclic amines) is 1. The van der Waals surface area contributed by atoms with E-state index in [1.54, 1.807) is 0 Å². The van der Waals surface area contributed by atoms with Gasteiger partial charge < -0.3 is 15.5 Å². The van der Waals surface area contributed by atoms with Crippen molar-refractivity contribution < 1.29 is 4.79 Å². The molecule has 1 heterocycles. The lowest BCUT2D eigenvalue weighted by Gasteiger charge is -2.19. The molecule has 0 aromatic heterocycles. The van der Waals surface area contributed by atoms with Gasteiger partial charge >= 0.3 is 0 Å². The maximum absolute atomic E-state index is 11.8. The SMILES string of the molecule is CN(C(N)=NCc1ccccc1CN1CCCC1=O)C1CC1. The van der Waals surface area contributed by atoms with Crippen LogP contribution in [0.4, 0.5) is 0 Å². The lowest BCUT2D eigenvalue weighted by Crippen LogP contribution is -2.35. The van der Waals surface area contributed by atoms with Gasteiger partial charge in [-0.2, -0.15) is 0 Å². The standard InChI is InChI=1S/C17H24N4O/c1-20(15-8-9-15)17(18)19-11-13-5-2-3-6-14(13)12-21-10-4-7-16(21)22/h2-3,5-6,15H,4,7-12H2,1H3,(H2,18,19). The third-order valence-electron chi connectivity index (χ3n) is 4.52. The summed E-state index contributed by atoms with van der Waals surface area (Å²) in [6.45, 7) is 2.12. The van der Waals surface area contributed by atoms with Gasteiger partial charge in [-0.25, -0.2) is 4.99 Å². The molecule has 1 aromatic carbocycles. The summed E-state index contributed by atoms with van der Waals surface area (Å²) in [6, 6.07) is 8.76. The van der Waals surface area contributed by atoms with Crippen molar-refractivity contribution in [1.29, 1.82) is 0 Å². The molecule has 0 bridgehead atoms. The van der Waals surface area contributed by atoms with Crippen molar-refractivity contribution >= 4 is 11.9 Å². The van der Waals surface area contributed by atoms with Crippen molar-refractivity contribution in [2.75, 3.05) is 13.6 Å². The van der Waals surface area contributed by atoms with Crippen molar-refractivity contribution in [2.45, 2.75) is 44.8 Å². The van der Waals surface area contributed by atoms with E-state index in [0.29, 0.717) is 31.5 Å². The van der Waals surface area contributed by atoms with Crippen LogP contribution in [0.25, 0.3) is 0 Å². The summed E-state index contributed by atoms with van der Waals surface area (Å²) in [5.41, 5.74) is 8.37. The third-order valence-corrected chi connectivity index (χ3v) is 4.52. The Bertz CT molecular complexity index is 580. The molecule has 2 aliphatic rings. The molecule has 1 aliphatic carbocycles. The molecule has 0 atom stereocenters. The fraction of sp³-hybridized carbons (Fsp3) is 0.529. The number of aliphatic imine (C=N–C) groups is 1. The van der Waals surface area contributed by atoms with Gasteiger partial charge in [0.05, 0.1) is 6.54 Å². The summed E-state index contributed by atoms with van der Waals surface area (Å²) >= 11 is 0. The highest BCUT2D eigenvalue weighted by atomic mass is 16.2. The monoisotopic (exact) mass is 300 g/mol. The molecule has 5 nitrogen and oxygen atoms in total. The Kier molecular flexibility index (Phi) is 4.32. The van der Waals surface area contributed by atoms with Crippen molar-refractivity contribution in [3.8, 4) is 0 Å². The van der Waals surface area contributed by atoms with Crippen molar-refractivity contribution in [1.82, 2.24) is 9.80 Å². The van der Waals surface area contributed by atoms with Gasteiger partial charge in [0.15, 0.2) is 5.96 Å². The predicted octanol–water partition coefficient (Wildman–Crippen LogP) is 1.72. The topological polar surface area (TPSA) is 61.9 Å². The Balaban J connectivity index is 1.68. The number of amides is 1. The number of benzene rings is 1. The lowest BCUT2D eigenvalue weighted by molar-refractivity contribution is -0.128. The lowest BCUT2D eigenvalue weighted by atomic mass is 10.1. The second-order valence-corrected chi connectivity index (χ2v) is 6.20. The highest BCUT2D eigenvalue weighted by Gasteiger charge is 2.27. The first-order chi connectivity index (χ1) is 10.6. The van der Waals surface area contributed by atoms with Crippen LogP contribution in [-0.2, 0) is 17.9 Å². The summed E-state index contributed by atoms with van der Waals surface area (Å²) < 4.78 is 0.